The molecule has 9 aromatic heterocycles. The number of fused-ring (bicyclic) bond motifs is 20. The molecule has 0 fully saturated rings. The maximum Gasteiger partial charge on any atom is 0.238 e. The zero-order valence-electron chi connectivity index (χ0n) is 57.3. The van der Waals surface area contributed by atoms with E-state index in [4.69, 9.17) is 52.6 Å². The van der Waals surface area contributed by atoms with Gasteiger partial charge in [0.1, 0.15) is 50.3 Å². The Bertz CT molecular complexity index is 7670. The minimum absolute atomic E-state index is 0.448. The van der Waals surface area contributed by atoms with Gasteiger partial charge in [-0.2, -0.15) is 9.97 Å². The predicted molar refractivity (Wildman–Crippen MR) is 432 cm³/mol. The van der Waals surface area contributed by atoms with Crippen LogP contribution in [0.25, 0.3) is 234 Å². The summed E-state index contributed by atoms with van der Waals surface area (Å²) < 4.78 is 32.1. The number of rotatable bonds is 10. The summed E-state index contributed by atoms with van der Waals surface area (Å²) in [7, 11) is 0. The molecule has 9 heterocycles. The second-order valence-corrected chi connectivity index (χ2v) is 27.4. The van der Waals surface area contributed by atoms with Gasteiger partial charge in [0.2, 0.25) is 5.95 Å². The van der Waals surface area contributed by atoms with Crippen LogP contribution in [-0.4, -0.2) is 44.0 Å². The largest absolute Gasteiger partial charge is 0.456 e. The summed E-state index contributed by atoms with van der Waals surface area (Å²) in [6.07, 6.45) is 0. The average Bonchev–Trinajstić information content (AvgIpc) is 1.56. The maximum atomic E-state index is 7.38. The summed E-state index contributed by atoms with van der Waals surface area (Å²) in [4.78, 5) is 37.7. The van der Waals surface area contributed by atoms with Crippen LogP contribution >= 0.6 is 0 Å². The first kappa shape index (κ1) is 59.6. The third kappa shape index (κ3) is 9.22. The fourth-order valence-corrected chi connectivity index (χ4v) is 16.2. The van der Waals surface area contributed by atoms with Crippen LogP contribution in [0.15, 0.2) is 339 Å². The molecule has 0 bridgehead atoms. The van der Waals surface area contributed by atoms with Crippen molar-refractivity contribution in [2.24, 2.45) is 0 Å². The van der Waals surface area contributed by atoms with Gasteiger partial charge in [0.15, 0.2) is 45.6 Å². The fourth-order valence-electron chi connectivity index (χ4n) is 16.2. The number of para-hydroxylation sites is 4. The van der Waals surface area contributed by atoms with Gasteiger partial charge in [-0.15, -0.1) is 0 Å². The first-order valence-corrected chi connectivity index (χ1v) is 35.9. The van der Waals surface area contributed by atoms with Crippen molar-refractivity contribution >= 4 is 132 Å². The summed E-state index contributed by atoms with van der Waals surface area (Å²) in [5.74, 6) is 2.61. The monoisotopic (exact) mass is 1380 g/mol. The Hall–Kier alpha value is -15.0. The lowest BCUT2D eigenvalue weighted by molar-refractivity contribution is 0.667. The molecule has 108 heavy (non-hydrogen) atoms. The van der Waals surface area contributed by atoms with Crippen molar-refractivity contribution in [1.29, 1.82) is 0 Å². The second kappa shape index (κ2) is 23.3. The van der Waals surface area contributed by atoms with E-state index in [0.717, 1.165) is 160 Å². The van der Waals surface area contributed by atoms with Gasteiger partial charge < -0.3 is 22.2 Å². The molecule has 23 rings (SSSR count). The SMILES string of the molecule is c1ccc(-c2ccc(-c3nc(-c4ccccc4)nc(-n4c5ccccc5c5ccc6c7nc(-c8cccc(-c9ccc%10c%11ccc%12c%13nc(-c%14ccc%15c(c%14)oc%14ccccc%14%15)nc(-c%14ccc%15c(c%14)oc%14ccccc%14%15)c%13oc%12c%11n(-c%11ccccc%11)c%10c9)c8)nc(-c8ccccc8)c7oc6c54)n3)cc2)cc1. The van der Waals surface area contributed by atoms with Crippen molar-refractivity contribution in [3.05, 3.63) is 322 Å². The normalized spacial score (nSPS) is 12.1. The van der Waals surface area contributed by atoms with Crippen molar-refractivity contribution in [1.82, 2.24) is 44.0 Å². The number of benzene rings is 14. The Balaban J connectivity index is 0.688. The molecule has 502 valence electrons. The third-order valence-electron chi connectivity index (χ3n) is 21.2. The molecule has 14 aromatic carbocycles. The van der Waals surface area contributed by atoms with Gasteiger partial charge in [-0.25, -0.2) is 24.9 Å². The predicted octanol–water partition coefficient (Wildman–Crippen LogP) is 24.6. The molecule has 13 nitrogen and oxygen atoms in total. The van der Waals surface area contributed by atoms with Gasteiger partial charge in [0.05, 0.1) is 16.6 Å². The molecule has 23 aromatic rings. The number of nitrogens with zero attached hydrogens (tertiary/aromatic N) is 9. The number of furan rings is 4. The van der Waals surface area contributed by atoms with E-state index in [9.17, 15) is 0 Å². The number of aromatic nitrogens is 9. The fraction of sp³-hybridized carbons (Fsp3) is 0. The van der Waals surface area contributed by atoms with E-state index in [2.05, 4.69) is 221 Å². The first-order chi connectivity index (χ1) is 53.5. The lowest BCUT2D eigenvalue weighted by atomic mass is 10.0. The third-order valence-corrected chi connectivity index (χ3v) is 21.2. The average molecular weight is 1380 g/mol. The van der Waals surface area contributed by atoms with Crippen molar-refractivity contribution in [2.75, 3.05) is 0 Å². The summed E-state index contributed by atoms with van der Waals surface area (Å²) in [6, 6.07) is 111. The molecule has 0 aliphatic carbocycles. The van der Waals surface area contributed by atoms with Gasteiger partial charge in [-0.05, 0) is 101 Å². The highest BCUT2D eigenvalue weighted by molar-refractivity contribution is 6.24. The van der Waals surface area contributed by atoms with Gasteiger partial charge in [0.25, 0.3) is 0 Å². The van der Waals surface area contributed by atoms with Crippen LogP contribution < -0.4 is 0 Å². The molecular weight excluding hydrogens is 1330 g/mol. The van der Waals surface area contributed by atoms with Crippen molar-refractivity contribution < 1.29 is 17.7 Å². The molecule has 0 aliphatic rings. The summed E-state index contributed by atoms with van der Waals surface area (Å²) in [5.41, 5.74) is 22.1. The van der Waals surface area contributed by atoms with Gasteiger partial charge >= 0.3 is 0 Å². The minimum Gasteiger partial charge on any atom is -0.456 e. The van der Waals surface area contributed by atoms with Gasteiger partial charge in [-0.3, -0.25) is 4.57 Å². The van der Waals surface area contributed by atoms with E-state index in [-0.39, 0.29) is 0 Å². The van der Waals surface area contributed by atoms with Crippen molar-refractivity contribution in [3.8, 4) is 102 Å². The molecule has 0 radical (unpaired) electrons. The zero-order chi connectivity index (χ0) is 70.7. The van der Waals surface area contributed by atoms with E-state index in [1.54, 1.807) is 0 Å². The van der Waals surface area contributed by atoms with Crippen molar-refractivity contribution in [3.63, 3.8) is 0 Å². The Morgan fingerprint density at radius 3 is 1.24 bits per heavy atom. The second-order valence-electron chi connectivity index (χ2n) is 27.4. The van der Waals surface area contributed by atoms with E-state index in [1.807, 2.05) is 109 Å². The standard InChI is InChI=1S/C95H53N9O4/c1-5-20-54(21-6-1)55-36-38-58(39-37-55)92-100-91(57-24-9-3-10-25-57)101-95(102-92)104-75-33-16-13-30-65(75)71-46-48-74-83-89(108-88(74)86(71)104)81(56-22-7-2-8-23-56)96-93(98-83)62-27-19-26-59(50-62)60-40-43-66-72-47-49-73-84-90(107-87(73)85(72)103(76(66)51-60)64-28-11-4-12-29-64)82(61-41-44-69-67-31-14-17-34-77(67)105-79(69)52-61)97-94(99-84)63-42-45-70-68-32-15-18-35-78(68)106-80(70)53-63/h1-53H. The van der Waals surface area contributed by atoms with Crippen LogP contribution in [0.1, 0.15) is 0 Å². The molecule has 0 spiro atoms. The highest BCUT2D eigenvalue weighted by Crippen LogP contribution is 2.47. The molecule has 0 N–H and O–H groups in total. The molecule has 0 unspecified atom stereocenters. The lowest BCUT2D eigenvalue weighted by Gasteiger charge is -2.11. The number of hydrogen-bond acceptors (Lipinski definition) is 11. The topological polar surface area (TPSA) is 153 Å². The molecule has 13 heteroatoms. The summed E-state index contributed by atoms with van der Waals surface area (Å²) in [5, 5.41) is 9.88. The quantitative estimate of drug-likeness (QED) is 0.129. The number of hydrogen-bond donors (Lipinski definition) is 0. The van der Waals surface area contributed by atoms with Gasteiger partial charge in [0, 0.05) is 92.9 Å². The van der Waals surface area contributed by atoms with Crippen LogP contribution in [0.4, 0.5) is 0 Å². The van der Waals surface area contributed by atoms with Crippen LogP contribution in [0.2, 0.25) is 0 Å². The highest BCUT2D eigenvalue weighted by Gasteiger charge is 2.28. The van der Waals surface area contributed by atoms with E-state index in [0.29, 0.717) is 74.0 Å². The molecular formula is C95H53N9O4. The first-order valence-electron chi connectivity index (χ1n) is 35.9. The van der Waals surface area contributed by atoms with E-state index in [1.165, 1.54) is 0 Å². The van der Waals surface area contributed by atoms with Crippen LogP contribution in [-0.2, 0) is 0 Å². The lowest BCUT2D eigenvalue weighted by Crippen LogP contribution is -2.06. The Morgan fingerprint density at radius 1 is 0.204 bits per heavy atom. The minimum atomic E-state index is 0.448. The molecule has 0 aliphatic heterocycles. The summed E-state index contributed by atoms with van der Waals surface area (Å²) >= 11 is 0. The smallest absolute Gasteiger partial charge is 0.238 e. The van der Waals surface area contributed by atoms with E-state index < -0.39 is 0 Å². The molecule has 0 saturated carbocycles. The Labute approximate surface area is 613 Å². The Kier molecular flexibility index (Phi) is 12.8. The van der Waals surface area contributed by atoms with E-state index >= 15 is 0 Å². The van der Waals surface area contributed by atoms with Crippen LogP contribution in [0, 0.1) is 0 Å². The Morgan fingerprint density at radius 2 is 0.602 bits per heavy atom. The van der Waals surface area contributed by atoms with Crippen LogP contribution in [0.5, 0.6) is 0 Å². The summed E-state index contributed by atoms with van der Waals surface area (Å²) in [6.45, 7) is 0. The highest BCUT2D eigenvalue weighted by atomic mass is 16.3. The van der Waals surface area contributed by atoms with Gasteiger partial charge in [-0.1, -0.05) is 243 Å². The van der Waals surface area contributed by atoms with Crippen molar-refractivity contribution in [2.45, 2.75) is 0 Å². The molecule has 0 amide bonds. The van der Waals surface area contributed by atoms with Crippen LogP contribution in [0.3, 0.4) is 0 Å². The molecule has 0 saturated heterocycles. The zero-order valence-corrected chi connectivity index (χ0v) is 57.3. The maximum absolute atomic E-state index is 7.38. The molecule has 0 atom stereocenters.